The van der Waals surface area contributed by atoms with Crippen LogP contribution in [0.3, 0.4) is 0 Å². The zero-order chi connectivity index (χ0) is 13.9. The van der Waals surface area contributed by atoms with Crippen molar-refractivity contribution in [1.29, 1.82) is 0 Å². The first-order chi connectivity index (χ1) is 8.60. The molecule has 0 aliphatic carbocycles. The third-order valence-electron chi connectivity index (χ3n) is 3.90. The van der Waals surface area contributed by atoms with Gasteiger partial charge in [0.2, 0.25) is 0 Å². The molecule has 110 valence electrons. The van der Waals surface area contributed by atoms with Crippen molar-refractivity contribution in [3.05, 3.63) is 0 Å². The Morgan fingerprint density at radius 1 is 0.778 bits per heavy atom. The fourth-order valence-corrected chi connectivity index (χ4v) is 17.4. The summed E-state index contributed by atoms with van der Waals surface area (Å²) in [7, 11) is 0. The van der Waals surface area contributed by atoms with Crippen molar-refractivity contribution in [2.45, 2.75) is 92.6 Å². The summed E-state index contributed by atoms with van der Waals surface area (Å²) in [6.45, 7) is 11.4. The molecule has 0 amide bonds. The molecule has 0 aliphatic heterocycles. The Labute approximate surface area is 120 Å². The van der Waals surface area contributed by atoms with Gasteiger partial charge in [-0.15, -0.1) is 0 Å². The van der Waals surface area contributed by atoms with Crippen molar-refractivity contribution in [3.63, 3.8) is 0 Å². The molecule has 0 rings (SSSR count). The predicted molar refractivity (Wildman–Crippen MR) is 86.0 cm³/mol. The van der Waals surface area contributed by atoms with E-state index in [2.05, 4.69) is 34.6 Å². The number of unbranched alkanes of at least 4 members (excludes halogenated alkanes) is 3. The molecular formula is C16H36OSn. The van der Waals surface area contributed by atoms with E-state index in [9.17, 15) is 0 Å². The molecule has 0 aromatic carbocycles. The van der Waals surface area contributed by atoms with Gasteiger partial charge in [-0.05, 0) is 0 Å². The Morgan fingerprint density at radius 2 is 1.17 bits per heavy atom. The monoisotopic (exact) mass is 364 g/mol. The molecule has 2 heteroatoms. The van der Waals surface area contributed by atoms with Gasteiger partial charge in [-0.2, -0.15) is 0 Å². The fourth-order valence-electron chi connectivity index (χ4n) is 2.59. The van der Waals surface area contributed by atoms with Gasteiger partial charge in [-0.1, -0.05) is 0 Å². The summed E-state index contributed by atoms with van der Waals surface area (Å²) in [5.74, 6) is 0. The van der Waals surface area contributed by atoms with Gasteiger partial charge < -0.3 is 0 Å². The van der Waals surface area contributed by atoms with Gasteiger partial charge in [0, 0.05) is 0 Å². The first-order valence-electron chi connectivity index (χ1n) is 8.21. The van der Waals surface area contributed by atoms with E-state index in [0.717, 1.165) is 0 Å². The molecule has 0 aromatic rings. The molecule has 0 spiro atoms. The molecule has 0 radical (unpaired) electrons. The molecule has 0 bridgehead atoms. The van der Waals surface area contributed by atoms with Gasteiger partial charge in [0.25, 0.3) is 0 Å². The summed E-state index contributed by atoms with van der Waals surface area (Å²) < 4.78 is 12.0. The van der Waals surface area contributed by atoms with E-state index in [1.807, 2.05) is 0 Å². The van der Waals surface area contributed by atoms with Crippen LogP contribution >= 0.6 is 0 Å². The van der Waals surface area contributed by atoms with Gasteiger partial charge >= 0.3 is 120 Å². The Kier molecular flexibility index (Phi) is 12.1. The van der Waals surface area contributed by atoms with Crippen LogP contribution in [0.4, 0.5) is 0 Å². The number of hydrogen-bond acceptors (Lipinski definition) is 1. The quantitative estimate of drug-likeness (QED) is 0.398. The third kappa shape index (κ3) is 8.79. The van der Waals surface area contributed by atoms with Crippen LogP contribution in [-0.2, 0) is 4.74 Å². The van der Waals surface area contributed by atoms with E-state index in [1.54, 1.807) is 13.3 Å². The van der Waals surface area contributed by atoms with Crippen molar-refractivity contribution in [2.75, 3.05) is 4.62 Å². The number of ether oxygens (including phenoxy) is 1. The van der Waals surface area contributed by atoms with Crippen molar-refractivity contribution >= 4 is 18.4 Å². The number of hydrogen-bond donors (Lipinski definition) is 0. The SMILES string of the molecule is CCC[CH2][Sn]([CH2]CCC)([CH2]CCC)[CH2]OC(C)C. The summed E-state index contributed by atoms with van der Waals surface area (Å²) in [5, 5.41) is 0. The third-order valence-corrected chi connectivity index (χ3v) is 18.2. The molecule has 1 nitrogen and oxygen atoms in total. The Bertz CT molecular complexity index is 158. The molecule has 0 heterocycles. The summed E-state index contributed by atoms with van der Waals surface area (Å²) >= 11 is -1.97. The zero-order valence-corrected chi connectivity index (χ0v) is 16.4. The second-order valence-electron chi connectivity index (χ2n) is 6.17. The van der Waals surface area contributed by atoms with E-state index in [4.69, 9.17) is 4.74 Å². The summed E-state index contributed by atoms with van der Waals surface area (Å²) in [6, 6.07) is 0. The van der Waals surface area contributed by atoms with Gasteiger partial charge in [-0.3, -0.25) is 0 Å². The second kappa shape index (κ2) is 11.6. The summed E-state index contributed by atoms with van der Waals surface area (Å²) in [5.41, 5.74) is 0. The zero-order valence-electron chi connectivity index (χ0n) is 13.6. The maximum atomic E-state index is 6.09. The molecule has 0 atom stereocenters. The molecule has 0 unspecified atom stereocenters. The van der Waals surface area contributed by atoms with Crippen LogP contribution in [0.1, 0.15) is 73.1 Å². The van der Waals surface area contributed by atoms with Gasteiger partial charge in [-0.25, -0.2) is 0 Å². The molecular weight excluding hydrogens is 327 g/mol. The second-order valence-corrected chi connectivity index (χ2v) is 19.8. The van der Waals surface area contributed by atoms with E-state index in [-0.39, 0.29) is 0 Å². The molecule has 0 saturated heterocycles. The van der Waals surface area contributed by atoms with Crippen LogP contribution in [0.25, 0.3) is 0 Å². The predicted octanol–water partition coefficient (Wildman–Crippen LogP) is 5.80. The van der Waals surface area contributed by atoms with Crippen LogP contribution in [0, 0.1) is 0 Å². The molecule has 18 heavy (non-hydrogen) atoms. The van der Waals surface area contributed by atoms with E-state index >= 15 is 0 Å². The van der Waals surface area contributed by atoms with Crippen LogP contribution in [0.5, 0.6) is 0 Å². The standard InChI is InChI=1S/C4H9O.3C4H9.Sn/c1-4(2)5-3;3*1-3-4-2;/h4H,3H2,1-2H3;3*1,3-4H2,2H3;. The minimum atomic E-state index is -1.97. The Hall–Kier alpha value is 0.759. The van der Waals surface area contributed by atoms with Crippen molar-refractivity contribution in [3.8, 4) is 0 Å². The topological polar surface area (TPSA) is 9.23 Å². The van der Waals surface area contributed by atoms with E-state index in [1.165, 1.54) is 43.1 Å². The maximum absolute atomic E-state index is 6.09. The molecule has 0 fully saturated rings. The molecule has 0 N–H and O–H groups in total. The van der Waals surface area contributed by atoms with Crippen LogP contribution < -0.4 is 0 Å². The van der Waals surface area contributed by atoms with Gasteiger partial charge in [0.15, 0.2) is 0 Å². The first-order valence-corrected chi connectivity index (χ1v) is 16.3. The number of rotatable bonds is 12. The minimum absolute atomic E-state index is 0.422. The Balaban J connectivity index is 4.51. The Morgan fingerprint density at radius 3 is 1.44 bits per heavy atom. The average molecular weight is 363 g/mol. The summed E-state index contributed by atoms with van der Waals surface area (Å²) in [6.07, 6.45) is 8.85. The fraction of sp³-hybridized carbons (Fsp3) is 1.00. The van der Waals surface area contributed by atoms with Crippen LogP contribution in [-0.4, -0.2) is 29.1 Å². The average Bonchev–Trinajstić information content (AvgIpc) is 2.37. The molecule has 0 aromatic heterocycles. The van der Waals surface area contributed by atoms with Crippen molar-refractivity contribution in [2.24, 2.45) is 0 Å². The van der Waals surface area contributed by atoms with Crippen LogP contribution in [0.2, 0.25) is 13.3 Å². The van der Waals surface area contributed by atoms with E-state index < -0.39 is 18.4 Å². The normalized spacial score (nSPS) is 12.3. The summed E-state index contributed by atoms with van der Waals surface area (Å²) in [4.78, 5) is 0. The van der Waals surface area contributed by atoms with Gasteiger partial charge in [0.1, 0.15) is 0 Å². The van der Waals surface area contributed by atoms with Crippen molar-refractivity contribution < 1.29 is 4.74 Å². The van der Waals surface area contributed by atoms with Crippen LogP contribution in [0.15, 0.2) is 0 Å². The molecule has 0 aliphatic rings. The first kappa shape index (κ1) is 18.8. The van der Waals surface area contributed by atoms with Gasteiger partial charge in [0.05, 0.1) is 0 Å². The van der Waals surface area contributed by atoms with Crippen molar-refractivity contribution in [1.82, 2.24) is 0 Å². The molecule has 0 saturated carbocycles. The van der Waals surface area contributed by atoms with E-state index in [0.29, 0.717) is 6.10 Å².